The summed E-state index contributed by atoms with van der Waals surface area (Å²) >= 11 is 1.84. The molecule has 3 heteroatoms. The molecule has 0 fully saturated rings. The van der Waals surface area contributed by atoms with Crippen molar-refractivity contribution < 1.29 is 0 Å². The van der Waals surface area contributed by atoms with E-state index in [9.17, 15) is 0 Å². The van der Waals surface area contributed by atoms with Crippen LogP contribution in [0.4, 0.5) is 28.4 Å². The molecule has 1 heterocycles. The first-order chi connectivity index (χ1) is 25.3. The van der Waals surface area contributed by atoms with E-state index in [4.69, 9.17) is 0 Å². The fourth-order valence-electron chi connectivity index (χ4n) is 6.89. The molecular formula is C48H34N2S. The zero-order chi connectivity index (χ0) is 34.0. The Balaban J connectivity index is 1.07. The maximum absolute atomic E-state index is 3.77. The molecule has 0 radical (unpaired) electrons. The van der Waals surface area contributed by atoms with Gasteiger partial charge in [0.25, 0.3) is 0 Å². The summed E-state index contributed by atoms with van der Waals surface area (Å²) < 4.78 is 2.57. The summed E-state index contributed by atoms with van der Waals surface area (Å²) in [4.78, 5) is 2.34. The maximum atomic E-state index is 3.77. The third-order valence-electron chi connectivity index (χ3n) is 9.47. The lowest BCUT2D eigenvalue weighted by molar-refractivity contribution is 1.28. The number of nitrogens with one attached hydrogen (secondary N) is 1. The summed E-state index contributed by atoms with van der Waals surface area (Å²) in [6, 6.07) is 71.6. The summed E-state index contributed by atoms with van der Waals surface area (Å²) in [6.45, 7) is 0. The Kier molecular flexibility index (Phi) is 8.09. The highest BCUT2D eigenvalue weighted by Crippen LogP contribution is 2.41. The van der Waals surface area contributed by atoms with Crippen LogP contribution in [-0.4, -0.2) is 0 Å². The molecule has 0 spiro atoms. The number of anilines is 5. The van der Waals surface area contributed by atoms with Crippen molar-refractivity contribution in [2.75, 3.05) is 10.2 Å². The molecule has 1 N–H and O–H groups in total. The van der Waals surface area contributed by atoms with Crippen molar-refractivity contribution in [3.8, 4) is 33.4 Å². The largest absolute Gasteiger partial charge is 0.354 e. The molecule has 0 amide bonds. The van der Waals surface area contributed by atoms with E-state index in [1.807, 2.05) is 11.3 Å². The number of rotatable bonds is 8. The molecular weight excluding hydrogens is 637 g/mol. The van der Waals surface area contributed by atoms with E-state index in [1.165, 1.54) is 53.6 Å². The van der Waals surface area contributed by atoms with Gasteiger partial charge in [0.1, 0.15) is 0 Å². The van der Waals surface area contributed by atoms with Gasteiger partial charge >= 0.3 is 0 Å². The van der Waals surface area contributed by atoms with Crippen molar-refractivity contribution in [2.45, 2.75) is 0 Å². The average molecular weight is 671 g/mol. The Hall–Kier alpha value is -6.42. The highest BCUT2D eigenvalue weighted by atomic mass is 32.1. The van der Waals surface area contributed by atoms with Gasteiger partial charge in [0.15, 0.2) is 0 Å². The van der Waals surface area contributed by atoms with Crippen molar-refractivity contribution in [3.05, 3.63) is 200 Å². The van der Waals surface area contributed by atoms with E-state index >= 15 is 0 Å². The van der Waals surface area contributed by atoms with Crippen molar-refractivity contribution >= 4 is 59.9 Å². The minimum absolute atomic E-state index is 1.04. The van der Waals surface area contributed by atoms with E-state index in [0.29, 0.717) is 0 Å². The average Bonchev–Trinajstić information content (AvgIpc) is 3.59. The van der Waals surface area contributed by atoms with Crippen LogP contribution in [0.3, 0.4) is 0 Å². The van der Waals surface area contributed by atoms with Gasteiger partial charge in [0.05, 0.1) is 10.4 Å². The van der Waals surface area contributed by atoms with Crippen molar-refractivity contribution in [1.29, 1.82) is 0 Å². The van der Waals surface area contributed by atoms with E-state index < -0.39 is 0 Å². The van der Waals surface area contributed by atoms with Gasteiger partial charge in [-0.25, -0.2) is 0 Å². The lowest BCUT2D eigenvalue weighted by Gasteiger charge is -2.26. The summed E-state index contributed by atoms with van der Waals surface area (Å²) in [5.74, 6) is 0. The predicted molar refractivity (Wildman–Crippen MR) is 220 cm³/mol. The van der Waals surface area contributed by atoms with Gasteiger partial charge in [-0.15, -0.1) is 11.3 Å². The number of hydrogen-bond acceptors (Lipinski definition) is 3. The molecule has 8 aromatic carbocycles. The molecule has 0 atom stereocenters. The molecule has 0 saturated heterocycles. The van der Waals surface area contributed by atoms with Crippen LogP contribution in [0.2, 0.25) is 0 Å². The molecule has 2 nitrogen and oxygen atoms in total. The van der Waals surface area contributed by atoms with E-state index in [1.54, 1.807) is 0 Å². The quantitative estimate of drug-likeness (QED) is 0.173. The first kappa shape index (κ1) is 30.6. The SMILES string of the molecule is c1ccc(-c2ccc(-c3ccc(N(c4ccc(-c5ccccc5)cc4)c4cccc(Nc5cccc6c5sc5ccccc56)c4)cc3)cc2)cc1. The molecule has 0 bridgehead atoms. The summed E-state index contributed by atoms with van der Waals surface area (Å²) in [5.41, 5.74) is 12.7. The molecule has 0 unspecified atom stereocenters. The van der Waals surface area contributed by atoms with E-state index in [-0.39, 0.29) is 0 Å². The third-order valence-corrected chi connectivity index (χ3v) is 10.7. The molecule has 51 heavy (non-hydrogen) atoms. The maximum Gasteiger partial charge on any atom is 0.0590 e. The van der Waals surface area contributed by atoms with Crippen LogP contribution in [0.5, 0.6) is 0 Å². The van der Waals surface area contributed by atoms with Gasteiger partial charge in [0.2, 0.25) is 0 Å². The molecule has 1 aromatic heterocycles. The summed E-state index contributed by atoms with van der Waals surface area (Å²) in [5, 5.41) is 6.35. The smallest absolute Gasteiger partial charge is 0.0590 e. The van der Waals surface area contributed by atoms with Gasteiger partial charge in [-0.05, 0) is 88.0 Å². The molecule has 242 valence electrons. The molecule has 0 aliphatic rings. The van der Waals surface area contributed by atoms with Gasteiger partial charge in [0, 0.05) is 38.2 Å². The molecule has 0 aliphatic heterocycles. The minimum atomic E-state index is 1.04. The second-order valence-electron chi connectivity index (χ2n) is 12.7. The van der Waals surface area contributed by atoms with Crippen molar-refractivity contribution in [3.63, 3.8) is 0 Å². The summed E-state index contributed by atoms with van der Waals surface area (Å²) in [7, 11) is 0. The van der Waals surface area contributed by atoms with Crippen LogP contribution in [-0.2, 0) is 0 Å². The Bertz CT molecular complexity index is 2570. The normalized spacial score (nSPS) is 11.1. The Morgan fingerprint density at radius 1 is 0.353 bits per heavy atom. The first-order valence-corrected chi connectivity index (χ1v) is 18.1. The molecule has 9 aromatic rings. The van der Waals surface area contributed by atoms with Crippen LogP contribution in [0.15, 0.2) is 200 Å². The molecule has 9 rings (SSSR count). The minimum Gasteiger partial charge on any atom is -0.354 e. The number of hydrogen-bond donors (Lipinski definition) is 1. The Morgan fingerprint density at radius 3 is 1.41 bits per heavy atom. The summed E-state index contributed by atoms with van der Waals surface area (Å²) in [6.07, 6.45) is 0. The number of nitrogens with zero attached hydrogens (tertiary/aromatic N) is 1. The lowest BCUT2D eigenvalue weighted by Crippen LogP contribution is -2.10. The zero-order valence-corrected chi connectivity index (χ0v) is 28.7. The van der Waals surface area contributed by atoms with Gasteiger partial charge in [-0.3, -0.25) is 0 Å². The first-order valence-electron chi connectivity index (χ1n) is 17.3. The number of fused-ring (bicyclic) bond motifs is 3. The zero-order valence-electron chi connectivity index (χ0n) is 27.9. The van der Waals surface area contributed by atoms with Gasteiger partial charge in [-0.2, -0.15) is 0 Å². The third kappa shape index (κ3) is 6.16. The highest BCUT2D eigenvalue weighted by Gasteiger charge is 2.15. The Labute approximate surface area is 302 Å². The van der Waals surface area contributed by atoms with Crippen molar-refractivity contribution in [2.24, 2.45) is 0 Å². The molecule has 0 saturated carbocycles. The molecule has 0 aliphatic carbocycles. The van der Waals surface area contributed by atoms with E-state index in [2.05, 4.69) is 210 Å². The second-order valence-corrected chi connectivity index (χ2v) is 13.7. The van der Waals surface area contributed by atoms with Crippen LogP contribution < -0.4 is 10.2 Å². The lowest BCUT2D eigenvalue weighted by atomic mass is 10.00. The van der Waals surface area contributed by atoms with Crippen LogP contribution in [0.1, 0.15) is 0 Å². The van der Waals surface area contributed by atoms with Crippen LogP contribution >= 0.6 is 11.3 Å². The fraction of sp³-hybridized carbons (Fsp3) is 0. The fourth-order valence-corrected chi connectivity index (χ4v) is 8.06. The highest BCUT2D eigenvalue weighted by molar-refractivity contribution is 7.26. The van der Waals surface area contributed by atoms with E-state index in [0.717, 1.165) is 28.4 Å². The standard InChI is InChI=1S/C48H34N2S/c1-3-11-34(12-4-1)36-21-23-37(24-22-36)39-27-31-42(32-28-39)50(41-29-25-38(26-30-41)35-13-5-2-6-14-35)43-16-9-15-40(33-43)49-46-19-10-18-45-44-17-7-8-20-47(44)51-48(45)46/h1-33,49H. The van der Waals surface area contributed by atoms with Crippen LogP contribution in [0, 0.1) is 0 Å². The van der Waals surface area contributed by atoms with Gasteiger partial charge in [-0.1, -0.05) is 146 Å². The van der Waals surface area contributed by atoms with Crippen molar-refractivity contribution in [1.82, 2.24) is 0 Å². The van der Waals surface area contributed by atoms with Gasteiger partial charge < -0.3 is 10.2 Å². The number of thiophene rings is 1. The predicted octanol–water partition coefficient (Wildman–Crippen LogP) is 14.3. The monoisotopic (exact) mass is 670 g/mol. The Morgan fingerprint density at radius 2 is 0.824 bits per heavy atom. The second kappa shape index (κ2) is 13.5. The van der Waals surface area contributed by atoms with Crippen LogP contribution in [0.25, 0.3) is 53.6 Å². The number of benzene rings is 8. The topological polar surface area (TPSA) is 15.3 Å².